The van der Waals surface area contributed by atoms with Gasteiger partial charge in [0.1, 0.15) is 0 Å². The van der Waals surface area contributed by atoms with Crippen molar-refractivity contribution >= 4 is 6.21 Å². The van der Waals surface area contributed by atoms with Crippen LogP contribution in [0.25, 0.3) is 0 Å². The Labute approximate surface area is 99.0 Å². The quantitative estimate of drug-likeness (QED) is 0.663. The summed E-state index contributed by atoms with van der Waals surface area (Å²) in [5.74, 6) is 0.948. The number of rotatable bonds is 2. The molecular formula is C15H23N. The topological polar surface area (TPSA) is 12.4 Å². The summed E-state index contributed by atoms with van der Waals surface area (Å²) in [4.78, 5) is 4.34. The predicted molar refractivity (Wildman–Crippen MR) is 68.8 cm³/mol. The van der Waals surface area contributed by atoms with E-state index in [1.807, 2.05) is 6.21 Å². The van der Waals surface area contributed by atoms with Gasteiger partial charge in [0.25, 0.3) is 0 Å². The second-order valence-corrected chi connectivity index (χ2v) is 6.20. The molecular weight excluding hydrogens is 194 g/mol. The summed E-state index contributed by atoms with van der Waals surface area (Å²) in [7, 11) is 0. The van der Waals surface area contributed by atoms with Crippen molar-refractivity contribution in [1.82, 2.24) is 0 Å². The SMILES string of the molecule is CCC1CCCC2(C)CC12C1=CC=NCC1. The van der Waals surface area contributed by atoms with Crippen molar-refractivity contribution in [2.45, 2.75) is 52.4 Å². The minimum Gasteiger partial charge on any atom is -0.293 e. The van der Waals surface area contributed by atoms with E-state index in [0.717, 1.165) is 12.5 Å². The highest BCUT2D eigenvalue weighted by Crippen LogP contribution is 2.77. The number of nitrogens with zero attached hydrogens (tertiary/aromatic N) is 1. The Morgan fingerprint density at radius 2 is 2.38 bits per heavy atom. The molecule has 0 N–H and O–H groups in total. The van der Waals surface area contributed by atoms with Crippen LogP contribution >= 0.6 is 0 Å². The Bertz CT molecular complexity index is 354. The highest BCUT2D eigenvalue weighted by Gasteiger charge is 2.69. The van der Waals surface area contributed by atoms with Gasteiger partial charge in [0.05, 0.1) is 0 Å². The Kier molecular flexibility index (Phi) is 2.28. The van der Waals surface area contributed by atoms with E-state index in [0.29, 0.717) is 10.8 Å². The van der Waals surface area contributed by atoms with E-state index in [1.165, 1.54) is 38.5 Å². The standard InChI is InChI=1S/C15H23N/c1-3-12-5-4-8-14(2)11-15(12,14)13-6-9-16-10-7-13/h6,9,12H,3-5,7-8,10-11H2,1-2H3. The van der Waals surface area contributed by atoms with Crippen molar-refractivity contribution in [3.8, 4) is 0 Å². The van der Waals surface area contributed by atoms with Crippen LogP contribution in [0.5, 0.6) is 0 Å². The lowest BCUT2D eigenvalue weighted by Crippen LogP contribution is -2.29. The van der Waals surface area contributed by atoms with Gasteiger partial charge in [-0.25, -0.2) is 0 Å². The van der Waals surface area contributed by atoms with Gasteiger partial charge in [0.15, 0.2) is 0 Å². The minimum atomic E-state index is 0.590. The molecule has 3 atom stereocenters. The van der Waals surface area contributed by atoms with Crippen molar-refractivity contribution in [1.29, 1.82) is 0 Å². The molecule has 3 rings (SSSR count). The van der Waals surface area contributed by atoms with E-state index < -0.39 is 0 Å². The summed E-state index contributed by atoms with van der Waals surface area (Å²) in [5, 5.41) is 0. The molecule has 2 saturated carbocycles. The van der Waals surface area contributed by atoms with Crippen molar-refractivity contribution in [2.75, 3.05) is 6.54 Å². The molecule has 88 valence electrons. The third-order valence-electron chi connectivity index (χ3n) is 5.56. The van der Waals surface area contributed by atoms with Crippen molar-refractivity contribution in [3.05, 3.63) is 11.6 Å². The summed E-state index contributed by atoms with van der Waals surface area (Å²) in [6.07, 6.45) is 12.8. The average Bonchev–Trinajstić information content (AvgIpc) is 2.97. The largest absolute Gasteiger partial charge is 0.293 e. The average molecular weight is 217 g/mol. The van der Waals surface area contributed by atoms with Crippen LogP contribution in [0.4, 0.5) is 0 Å². The second-order valence-electron chi connectivity index (χ2n) is 6.20. The maximum atomic E-state index is 4.34. The Balaban J connectivity index is 1.96. The van der Waals surface area contributed by atoms with Gasteiger partial charge in [-0.3, -0.25) is 4.99 Å². The molecule has 3 aliphatic rings. The molecule has 0 aromatic carbocycles. The van der Waals surface area contributed by atoms with Gasteiger partial charge in [0.2, 0.25) is 0 Å². The fourth-order valence-electron chi connectivity index (χ4n) is 4.68. The van der Waals surface area contributed by atoms with Crippen molar-refractivity contribution in [2.24, 2.45) is 21.7 Å². The first kappa shape index (κ1) is 10.6. The summed E-state index contributed by atoms with van der Waals surface area (Å²) >= 11 is 0. The van der Waals surface area contributed by atoms with Crippen LogP contribution in [-0.4, -0.2) is 12.8 Å². The molecule has 0 spiro atoms. The van der Waals surface area contributed by atoms with E-state index in [2.05, 4.69) is 24.9 Å². The highest BCUT2D eigenvalue weighted by atomic mass is 14.8. The first-order valence-electron chi connectivity index (χ1n) is 6.92. The number of hydrogen-bond acceptors (Lipinski definition) is 1. The molecule has 1 heteroatoms. The molecule has 0 aromatic rings. The summed E-state index contributed by atoms with van der Waals surface area (Å²) in [6, 6.07) is 0. The minimum absolute atomic E-state index is 0.590. The Morgan fingerprint density at radius 3 is 3.06 bits per heavy atom. The molecule has 16 heavy (non-hydrogen) atoms. The van der Waals surface area contributed by atoms with E-state index in [-0.39, 0.29) is 0 Å². The number of aliphatic imine (C=N–C) groups is 1. The molecule has 0 radical (unpaired) electrons. The number of allylic oxidation sites excluding steroid dienone is 1. The van der Waals surface area contributed by atoms with Gasteiger partial charge in [-0.1, -0.05) is 32.3 Å². The van der Waals surface area contributed by atoms with Crippen LogP contribution in [0.3, 0.4) is 0 Å². The molecule has 0 bridgehead atoms. The van der Waals surface area contributed by atoms with Gasteiger partial charge in [-0.05, 0) is 43.1 Å². The van der Waals surface area contributed by atoms with Crippen molar-refractivity contribution in [3.63, 3.8) is 0 Å². The fraction of sp³-hybridized carbons (Fsp3) is 0.800. The maximum Gasteiger partial charge on any atom is 0.0426 e. The predicted octanol–water partition coefficient (Wildman–Crippen LogP) is 3.99. The van der Waals surface area contributed by atoms with Gasteiger partial charge >= 0.3 is 0 Å². The molecule has 0 saturated heterocycles. The van der Waals surface area contributed by atoms with Crippen molar-refractivity contribution < 1.29 is 0 Å². The Hall–Kier alpha value is -0.590. The smallest absolute Gasteiger partial charge is 0.0426 e. The molecule has 2 aliphatic carbocycles. The lowest BCUT2D eigenvalue weighted by molar-refractivity contribution is 0.187. The first-order chi connectivity index (χ1) is 7.73. The lowest BCUT2D eigenvalue weighted by atomic mass is 9.67. The van der Waals surface area contributed by atoms with Crippen LogP contribution in [0, 0.1) is 16.7 Å². The van der Waals surface area contributed by atoms with Gasteiger partial charge < -0.3 is 0 Å². The zero-order valence-electron chi connectivity index (χ0n) is 10.6. The number of fused-ring (bicyclic) bond motifs is 1. The normalized spacial score (nSPS) is 46.1. The van der Waals surface area contributed by atoms with Gasteiger partial charge in [-0.15, -0.1) is 0 Å². The van der Waals surface area contributed by atoms with E-state index in [1.54, 1.807) is 5.57 Å². The van der Waals surface area contributed by atoms with Crippen LogP contribution in [0.2, 0.25) is 0 Å². The molecule has 1 aliphatic heterocycles. The highest BCUT2D eigenvalue weighted by molar-refractivity contribution is 5.74. The maximum absolute atomic E-state index is 4.34. The molecule has 0 amide bonds. The van der Waals surface area contributed by atoms with E-state index >= 15 is 0 Å². The summed E-state index contributed by atoms with van der Waals surface area (Å²) < 4.78 is 0. The summed E-state index contributed by atoms with van der Waals surface area (Å²) in [5.41, 5.74) is 2.96. The molecule has 0 aromatic heterocycles. The zero-order valence-corrected chi connectivity index (χ0v) is 10.6. The van der Waals surface area contributed by atoms with Gasteiger partial charge in [-0.2, -0.15) is 0 Å². The third-order valence-corrected chi connectivity index (χ3v) is 5.56. The first-order valence-corrected chi connectivity index (χ1v) is 6.92. The zero-order chi connectivity index (χ0) is 11.2. The van der Waals surface area contributed by atoms with Crippen LogP contribution < -0.4 is 0 Å². The lowest BCUT2D eigenvalue weighted by Gasteiger charge is -2.38. The number of hydrogen-bond donors (Lipinski definition) is 0. The monoisotopic (exact) mass is 217 g/mol. The van der Waals surface area contributed by atoms with E-state index in [4.69, 9.17) is 0 Å². The molecule has 2 fully saturated rings. The van der Waals surface area contributed by atoms with Crippen LogP contribution in [-0.2, 0) is 0 Å². The van der Waals surface area contributed by atoms with Crippen LogP contribution in [0.15, 0.2) is 16.6 Å². The number of dihydropyridines is 1. The van der Waals surface area contributed by atoms with Crippen LogP contribution in [0.1, 0.15) is 52.4 Å². The third kappa shape index (κ3) is 1.20. The van der Waals surface area contributed by atoms with E-state index in [9.17, 15) is 0 Å². The Morgan fingerprint density at radius 1 is 1.50 bits per heavy atom. The molecule has 3 unspecified atom stereocenters. The second kappa shape index (κ2) is 3.45. The molecule has 1 nitrogen and oxygen atoms in total. The molecule has 1 heterocycles. The van der Waals surface area contributed by atoms with Gasteiger partial charge in [0, 0.05) is 18.2 Å². The fourth-order valence-corrected chi connectivity index (χ4v) is 4.68. The summed E-state index contributed by atoms with van der Waals surface area (Å²) in [6.45, 7) is 5.94.